The number of nitro benzene ring substituents is 1. The molecule has 0 aliphatic carbocycles. The number of nitrogens with one attached hydrogen (secondary N) is 1. The molecule has 12 heteroatoms. The number of hydrogen-bond donors (Lipinski definition) is 1. The van der Waals surface area contributed by atoms with E-state index < -0.39 is 22.9 Å². The summed E-state index contributed by atoms with van der Waals surface area (Å²) >= 11 is 25.6. The number of ether oxygens (including phenoxy) is 1. The van der Waals surface area contributed by atoms with Gasteiger partial charge in [0.15, 0.2) is 0 Å². The number of nitrogens with zero attached hydrogens (tertiary/aromatic N) is 1. The summed E-state index contributed by atoms with van der Waals surface area (Å²) in [6, 6.07) is 15.2. The van der Waals surface area contributed by atoms with Crippen LogP contribution in [0.5, 0.6) is 0 Å². The number of anilines is 1. The molecular weight excluding hydrogens is 558 g/mol. The first-order valence-corrected chi connectivity index (χ1v) is 12.1. The maximum atomic E-state index is 13.1. The Labute approximate surface area is 222 Å². The Morgan fingerprint density at radius 3 is 2.37 bits per heavy atom. The predicted molar refractivity (Wildman–Crippen MR) is 138 cm³/mol. The summed E-state index contributed by atoms with van der Waals surface area (Å²) in [5, 5.41) is 14.8. The molecule has 0 radical (unpaired) electrons. The van der Waals surface area contributed by atoms with Crippen molar-refractivity contribution in [3.8, 4) is 0 Å². The van der Waals surface area contributed by atoms with Crippen LogP contribution in [0.2, 0.25) is 20.1 Å². The number of nitro groups is 1. The number of rotatable bonds is 6. The molecular formula is C23H12Cl4N2O5S. The Balaban J connectivity index is 1.66. The molecule has 0 spiro atoms. The number of benzene rings is 3. The first-order valence-electron chi connectivity index (χ1n) is 9.73. The molecule has 4 rings (SSSR count). The van der Waals surface area contributed by atoms with E-state index in [1.807, 2.05) is 0 Å². The Kier molecular flexibility index (Phi) is 7.49. The molecule has 1 N–H and O–H groups in total. The summed E-state index contributed by atoms with van der Waals surface area (Å²) in [6.07, 6.45) is -1.39. The van der Waals surface area contributed by atoms with Gasteiger partial charge in [-0.15, -0.1) is 11.3 Å². The van der Waals surface area contributed by atoms with Crippen molar-refractivity contribution in [2.75, 3.05) is 5.32 Å². The molecule has 35 heavy (non-hydrogen) atoms. The van der Waals surface area contributed by atoms with Crippen molar-refractivity contribution in [1.29, 1.82) is 0 Å². The molecule has 0 saturated carbocycles. The van der Waals surface area contributed by atoms with Gasteiger partial charge < -0.3 is 10.1 Å². The van der Waals surface area contributed by atoms with Crippen LogP contribution in [0.25, 0.3) is 10.1 Å². The van der Waals surface area contributed by atoms with Crippen LogP contribution in [-0.2, 0) is 9.53 Å². The SMILES string of the molecule is O=C(OC(C(=O)Nc1ccc(Cl)c([N+](=O)[O-])c1)c1ccccc1)c1sc2cc(Cl)cc(Cl)c2c1Cl. The minimum absolute atomic E-state index is 0.0432. The molecule has 4 aromatic rings. The number of halogens is 4. The van der Waals surface area contributed by atoms with Crippen LogP contribution in [0.4, 0.5) is 11.4 Å². The lowest BCUT2D eigenvalue weighted by molar-refractivity contribution is -0.384. The van der Waals surface area contributed by atoms with E-state index in [0.717, 1.165) is 17.4 Å². The summed E-state index contributed by atoms with van der Waals surface area (Å²) in [5.74, 6) is -1.59. The van der Waals surface area contributed by atoms with Gasteiger partial charge in [0.1, 0.15) is 9.90 Å². The fourth-order valence-electron chi connectivity index (χ4n) is 3.24. The van der Waals surface area contributed by atoms with Crippen molar-refractivity contribution in [3.63, 3.8) is 0 Å². The van der Waals surface area contributed by atoms with Crippen LogP contribution in [-0.4, -0.2) is 16.8 Å². The van der Waals surface area contributed by atoms with Crippen molar-refractivity contribution in [2.45, 2.75) is 6.10 Å². The van der Waals surface area contributed by atoms with E-state index in [1.54, 1.807) is 36.4 Å². The van der Waals surface area contributed by atoms with Gasteiger partial charge >= 0.3 is 5.97 Å². The molecule has 0 bridgehead atoms. The highest BCUT2D eigenvalue weighted by Gasteiger charge is 2.29. The molecule has 3 aromatic carbocycles. The van der Waals surface area contributed by atoms with Gasteiger partial charge in [0.05, 0.1) is 15.0 Å². The van der Waals surface area contributed by atoms with E-state index >= 15 is 0 Å². The number of thiophene rings is 1. The van der Waals surface area contributed by atoms with Crippen molar-refractivity contribution in [3.05, 3.63) is 101 Å². The second kappa shape index (κ2) is 10.4. The molecule has 1 aromatic heterocycles. The number of esters is 1. The van der Waals surface area contributed by atoms with Crippen molar-refractivity contribution < 1.29 is 19.2 Å². The van der Waals surface area contributed by atoms with Crippen LogP contribution in [0, 0.1) is 10.1 Å². The van der Waals surface area contributed by atoms with Gasteiger partial charge in [0, 0.05) is 32.4 Å². The Bertz CT molecular complexity index is 1480. The second-order valence-electron chi connectivity index (χ2n) is 7.11. The van der Waals surface area contributed by atoms with E-state index in [-0.39, 0.29) is 31.3 Å². The summed E-state index contributed by atoms with van der Waals surface area (Å²) in [6.45, 7) is 0. The topological polar surface area (TPSA) is 98.5 Å². The molecule has 7 nitrogen and oxygen atoms in total. The van der Waals surface area contributed by atoms with Gasteiger partial charge in [-0.2, -0.15) is 0 Å². The minimum Gasteiger partial charge on any atom is -0.443 e. The molecule has 1 amide bonds. The predicted octanol–water partition coefficient (Wildman–Crippen LogP) is 7.96. The molecule has 1 atom stereocenters. The van der Waals surface area contributed by atoms with Crippen LogP contribution >= 0.6 is 57.7 Å². The standard InChI is InChI=1S/C23H12Cl4N2O5S/c24-12-8-15(26)18-17(9-12)35-21(19(18)27)23(31)34-20(11-4-2-1-3-5-11)22(30)28-13-6-7-14(25)16(10-13)29(32)33/h1-10,20H,(H,28,30). The molecule has 1 heterocycles. The largest absolute Gasteiger partial charge is 0.443 e. The third-order valence-electron chi connectivity index (χ3n) is 4.81. The molecule has 178 valence electrons. The van der Waals surface area contributed by atoms with E-state index in [4.69, 9.17) is 51.1 Å². The highest BCUT2D eigenvalue weighted by molar-refractivity contribution is 7.21. The summed E-state index contributed by atoms with van der Waals surface area (Å²) < 4.78 is 6.15. The lowest BCUT2D eigenvalue weighted by Crippen LogP contribution is -2.25. The first-order chi connectivity index (χ1) is 16.7. The van der Waals surface area contributed by atoms with Crippen molar-refractivity contribution in [2.24, 2.45) is 0 Å². The van der Waals surface area contributed by atoms with Gasteiger partial charge in [-0.3, -0.25) is 14.9 Å². The highest BCUT2D eigenvalue weighted by Crippen LogP contribution is 2.42. The van der Waals surface area contributed by atoms with E-state index in [0.29, 0.717) is 20.7 Å². The fraction of sp³-hybridized carbons (Fsp3) is 0.0435. The zero-order chi connectivity index (χ0) is 25.3. The number of amides is 1. The third-order valence-corrected chi connectivity index (χ3v) is 7.25. The Morgan fingerprint density at radius 1 is 0.971 bits per heavy atom. The zero-order valence-corrected chi connectivity index (χ0v) is 21.1. The normalized spacial score (nSPS) is 11.8. The minimum atomic E-state index is -1.39. The van der Waals surface area contributed by atoms with Gasteiger partial charge in [-0.25, -0.2) is 4.79 Å². The Hall–Kier alpha value is -2.88. The zero-order valence-electron chi connectivity index (χ0n) is 17.3. The van der Waals surface area contributed by atoms with Crippen LogP contribution < -0.4 is 5.32 Å². The number of carbonyl (C=O) groups is 2. The first kappa shape index (κ1) is 25.2. The smallest absolute Gasteiger partial charge is 0.351 e. The maximum absolute atomic E-state index is 13.1. The van der Waals surface area contributed by atoms with Crippen molar-refractivity contribution >= 4 is 91.1 Å². The van der Waals surface area contributed by atoms with Crippen LogP contribution in [0.3, 0.4) is 0 Å². The van der Waals surface area contributed by atoms with Gasteiger partial charge in [-0.05, 0) is 24.3 Å². The molecule has 0 aliphatic heterocycles. The molecule has 1 unspecified atom stereocenters. The monoisotopic (exact) mass is 568 g/mol. The van der Waals surface area contributed by atoms with E-state index in [9.17, 15) is 19.7 Å². The molecule has 0 aliphatic rings. The average molecular weight is 570 g/mol. The van der Waals surface area contributed by atoms with Crippen LogP contribution in [0.15, 0.2) is 60.7 Å². The molecule has 0 fully saturated rings. The lowest BCUT2D eigenvalue weighted by Gasteiger charge is -2.18. The summed E-state index contributed by atoms with van der Waals surface area (Å²) in [7, 11) is 0. The van der Waals surface area contributed by atoms with E-state index in [1.165, 1.54) is 18.2 Å². The number of carbonyl (C=O) groups excluding carboxylic acids is 2. The maximum Gasteiger partial charge on any atom is 0.351 e. The quantitative estimate of drug-likeness (QED) is 0.144. The highest BCUT2D eigenvalue weighted by atomic mass is 35.5. The fourth-order valence-corrected chi connectivity index (χ4v) is 5.68. The third kappa shape index (κ3) is 5.37. The Morgan fingerprint density at radius 2 is 1.69 bits per heavy atom. The number of hydrogen-bond acceptors (Lipinski definition) is 6. The van der Waals surface area contributed by atoms with Crippen molar-refractivity contribution in [1.82, 2.24) is 0 Å². The summed E-state index contributed by atoms with van der Waals surface area (Å²) in [4.78, 5) is 36.8. The lowest BCUT2D eigenvalue weighted by atomic mass is 10.1. The summed E-state index contributed by atoms with van der Waals surface area (Å²) in [5.41, 5.74) is 0.0924. The van der Waals surface area contributed by atoms with Crippen LogP contribution in [0.1, 0.15) is 21.3 Å². The second-order valence-corrected chi connectivity index (χ2v) is 9.80. The van der Waals surface area contributed by atoms with Gasteiger partial charge in [0.2, 0.25) is 6.10 Å². The van der Waals surface area contributed by atoms with E-state index in [2.05, 4.69) is 5.32 Å². The van der Waals surface area contributed by atoms with Gasteiger partial charge in [0.25, 0.3) is 11.6 Å². The average Bonchev–Trinajstić information content (AvgIpc) is 3.15. The van der Waals surface area contributed by atoms with Gasteiger partial charge in [-0.1, -0.05) is 76.7 Å². The number of fused-ring (bicyclic) bond motifs is 1. The molecule has 0 saturated heterocycles.